The molecule has 2 nitrogen and oxygen atoms in total. The van der Waals surface area contributed by atoms with Crippen molar-refractivity contribution in [2.45, 2.75) is 44.4 Å². The molecule has 0 aliphatic carbocycles. The highest BCUT2D eigenvalue weighted by Crippen LogP contribution is 2.38. The van der Waals surface area contributed by atoms with Crippen molar-refractivity contribution in [3.05, 3.63) is 0 Å². The first-order valence-corrected chi connectivity index (χ1v) is 8.14. The average molecular weight is 258 g/mol. The first-order chi connectivity index (χ1) is 7.59. The van der Waals surface area contributed by atoms with Crippen molar-refractivity contribution < 1.29 is 0 Å². The highest BCUT2D eigenvalue weighted by molar-refractivity contribution is 8.14. The fraction of sp³-hybridized carbons (Fsp3) is 0.917. The number of hydrogen-bond donors (Lipinski definition) is 1. The van der Waals surface area contributed by atoms with Crippen LogP contribution >= 0.6 is 23.5 Å². The van der Waals surface area contributed by atoms with Crippen LogP contribution < -0.4 is 5.32 Å². The topological polar surface area (TPSA) is 24.4 Å². The molecule has 16 heavy (non-hydrogen) atoms. The molecule has 2 aliphatic rings. The molecule has 4 heteroatoms. The Morgan fingerprint density at radius 1 is 1.56 bits per heavy atom. The van der Waals surface area contributed by atoms with Gasteiger partial charge in [-0.1, -0.05) is 25.6 Å². The van der Waals surface area contributed by atoms with E-state index < -0.39 is 0 Å². The SMILES string of the molecule is CC(C)C1CSC(=NCC2(C)CCCS2)N1. The van der Waals surface area contributed by atoms with Crippen LogP contribution in [0, 0.1) is 5.92 Å². The lowest BCUT2D eigenvalue weighted by molar-refractivity contribution is 0.502. The van der Waals surface area contributed by atoms with Crippen LogP contribution in [-0.2, 0) is 0 Å². The highest BCUT2D eigenvalue weighted by Gasteiger charge is 2.30. The number of nitrogens with zero attached hydrogens (tertiary/aromatic N) is 1. The molecule has 2 unspecified atom stereocenters. The van der Waals surface area contributed by atoms with E-state index in [-0.39, 0.29) is 0 Å². The van der Waals surface area contributed by atoms with Crippen LogP contribution in [0.1, 0.15) is 33.6 Å². The van der Waals surface area contributed by atoms with E-state index in [1.165, 1.54) is 29.5 Å². The summed E-state index contributed by atoms with van der Waals surface area (Å²) in [5.74, 6) is 3.20. The molecule has 0 bridgehead atoms. The van der Waals surface area contributed by atoms with Gasteiger partial charge < -0.3 is 5.32 Å². The molecule has 0 amide bonds. The quantitative estimate of drug-likeness (QED) is 0.842. The van der Waals surface area contributed by atoms with Crippen molar-refractivity contribution in [2.24, 2.45) is 10.9 Å². The van der Waals surface area contributed by atoms with E-state index in [0.29, 0.717) is 16.7 Å². The van der Waals surface area contributed by atoms with Gasteiger partial charge in [0.25, 0.3) is 0 Å². The zero-order chi connectivity index (χ0) is 11.6. The highest BCUT2D eigenvalue weighted by atomic mass is 32.2. The van der Waals surface area contributed by atoms with Gasteiger partial charge in [-0.25, -0.2) is 0 Å². The number of thioether (sulfide) groups is 2. The van der Waals surface area contributed by atoms with Crippen molar-refractivity contribution in [2.75, 3.05) is 18.1 Å². The molecule has 2 heterocycles. The maximum absolute atomic E-state index is 4.76. The van der Waals surface area contributed by atoms with Gasteiger partial charge in [-0.2, -0.15) is 11.8 Å². The fourth-order valence-corrected chi connectivity index (χ4v) is 4.48. The van der Waals surface area contributed by atoms with Gasteiger partial charge in [0, 0.05) is 16.5 Å². The van der Waals surface area contributed by atoms with Crippen molar-refractivity contribution in [3.63, 3.8) is 0 Å². The van der Waals surface area contributed by atoms with Crippen molar-refractivity contribution >= 4 is 28.7 Å². The molecule has 0 aromatic rings. The molecule has 2 atom stereocenters. The van der Waals surface area contributed by atoms with E-state index >= 15 is 0 Å². The molecule has 1 N–H and O–H groups in total. The molecule has 0 aromatic carbocycles. The fourth-order valence-electron chi connectivity index (χ4n) is 2.06. The van der Waals surface area contributed by atoms with E-state index in [4.69, 9.17) is 4.99 Å². The van der Waals surface area contributed by atoms with E-state index in [1.54, 1.807) is 0 Å². The average Bonchev–Trinajstić information content (AvgIpc) is 2.84. The molecule has 92 valence electrons. The summed E-state index contributed by atoms with van der Waals surface area (Å²) < 4.78 is 0.408. The second kappa shape index (κ2) is 5.21. The first-order valence-electron chi connectivity index (χ1n) is 6.17. The lowest BCUT2D eigenvalue weighted by Crippen LogP contribution is -2.32. The summed E-state index contributed by atoms with van der Waals surface area (Å²) >= 11 is 3.98. The third-order valence-corrected chi connectivity index (χ3v) is 5.94. The van der Waals surface area contributed by atoms with Gasteiger partial charge in [-0.3, -0.25) is 4.99 Å². The number of rotatable bonds is 3. The lowest BCUT2D eigenvalue weighted by atomic mass is 10.1. The molecule has 0 spiro atoms. The predicted octanol–water partition coefficient (Wildman–Crippen LogP) is 2.99. The van der Waals surface area contributed by atoms with Crippen molar-refractivity contribution in [3.8, 4) is 0 Å². The van der Waals surface area contributed by atoms with E-state index in [2.05, 4.69) is 37.8 Å². The summed E-state index contributed by atoms with van der Waals surface area (Å²) in [5, 5.41) is 4.71. The summed E-state index contributed by atoms with van der Waals surface area (Å²) in [4.78, 5) is 4.76. The van der Waals surface area contributed by atoms with Crippen LogP contribution in [0.5, 0.6) is 0 Å². The number of hydrogen-bond acceptors (Lipinski definition) is 3. The van der Waals surface area contributed by atoms with Gasteiger partial charge in [-0.15, -0.1) is 0 Å². The van der Waals surface area contributed by atoms with Crippen molar-refractivity contribution in [1.29, 1.82) is 0 Å². The molecule has 2 fully saturated rings. The Labute approximate surface area is 107 Å². The zero-order valence-electron chi connectivity index (χ0n) is 10.5. The Morgan fingerprint density at radius 3 is 2.94 bits per heavy atom. The lowest BCUT2D eigenvalue weighted by Gasteiger charge is -2.20. The van der Waals surface area contributed by atoms with Gasteiger partial charge in [0.2, 0.25) is 0 Å². The zero-order valence-corrected chi connectivity index (χ0v) is 12.1. The summed E-state index contributed by atoms with van der Waals surface area (Å²) in [6.45, 7) is 7.89. The van der Waals surface area contributed by atoms with Crippen LogP contribution in [-0.4, -0.2) is 34.0 Å². The first kappa shape index (κ1) is 12.6. The largest absolute Gasteiger partial charge is 0.361 e. The Kier molecular flexibility index (Phi) is 4.11. The smallest absolute Gasteiger partial charge is 0.156 e. The number of nitrogens with one attached hydrogen (secondary N) is 1. The second-order valence-electron chi connectivity index (χ2n) is 5.33. The van der Waals surface area contributed by atoms with Gasteiger partial charge >= 0.3 is 0 Å². The van der Waals surface area contributed by atoms with Crippen LogP contribution in [0.3, 0.4) is 0 Å². The minimum Gasteiger partial charge on any atom is -0.361 e. The number of amidine groups is 1. The van der Waals surface area contributed by atoms with E-state index in [9.17, 15) is 0 Å². The van der Waals surface area contributed by atoms with Gasteiger partial charge in [-0.05, 0) is 31.4 Å². The van der Waals surface area contributed by atoms with Gasteiger partial charge in [0.1, 0.15) is 0 Å². The summed E-state index contributed by atoms with van der Waals surface area (Å²) in [6, 6.07) is 0.618. The van der Waals surface area contributed by atoms with Gasteiger partial charge in [0.15, 0.2) is 5.17 Å². The number of aliphatic imine (C=N–C) groups is 1. The van der Waals surface area contributed by atoms with Crippen LogP contribution in [0.4, 0.5) is 0 Å². The van der Waals surface area contributed by atoms with Crippen LogP contribution in [0.25, 0.3) is 0 Å². The molecule has 2 rings (SSSR count). The molecule has 2 aliphatic heterocycles. The molecule has 0 radical (unpaired) electrons. The van der Waals surface area contributed by atoms with Crippen molar-refractivity contribution in [1.82, 2.24) is 5.32 Å². The summed E-state index contributed by atoms with van der Waals surface area (Å²) in [6.07, 6.45) is 2.69. The summed E-state index contributed by atoms with van der Waals surface area (Å²) in [5.41, 5.74) is 0. The van der Waals surface area contributed by atoms with Crippen LogP contribution in [0.2, 0.25) is 0 Å². The Morgan fingerprint density at radius 2 is 2.38 bits per heavy atom. The maximum Gasteiger partial charge on any atom is 0.156 e. The predicted molar refractivity (Wildman–Crippen MR) is 76.6 cm³/mol. The standard InChI is InChI=1S/C12H22N2S2/c1-9(2)10-7-15-11(14-10)13-8-12(3)5-4-6-16-12/h9-10H,4-8H2,1-3H3,(H,13,14). The Bertz CT molecular complexity index is 270. The Hall–Kier alpha value is 0.170. The molecular weight excluding hydrogens is 236 g/mol. The molecule has 0 saturated carbocycles. The summed E-state index contributed by atoms with van der Waals surface area (Å²) in [7, 11) is 0. The molecular formula is C12H22N2S2. The Balaban J connectivity index is 1.84. The maximum atomic E-state index is 4.76. The second-order valence-corrected chi connectivity index (χ2v) is 8.02. The van der Waals surface area contributed by atoms with E-state index in [1.807, 2.05) is 11.8 Å². The van der Waals surface area contributed by atoms with Gasteiger partial charge in [0.05, 0.1) is 6.54 Å². The van der Waals surface area contributed by atoms with Crippen LogP contribution in [0.15, 0.2) is 4.99 Å². The molecule has 2 saturated heterocycles. The normalized spacial score (nSPS) is 37.2. The minimum absolute atomic E-state index is 0.408. The van der Waals surface area contributed by atoms with E-state index in [0.717, 1.165) is 6.54 Å². The molecule has 0 aromatic heterocycles. The third-order valence-electron chi connectivity index (χ3n) is 3.37. The third kappa shape index (κ3) is 3.10. The monoisotopic (exact) mass is 258 g/mol. The minimum atomic E-state index is 0.408.